The maximum atomic E-state index is 11.5. The molecule has 0 saturated carbocycles. The molecule has 0 aromatic heterocycles. The Bertz CT molecular complexity index is 390. The van der Waals surface area contributed by atoms with E-state index >= 15 is 0 Å². The number of ether oxygens (including phenoxy) is 1. The fourth-order valence-corrected chi connectivity index (χ4v) is 2.55. The van der Waals surface area contributed by atoms with Crippen molar-refractivity contribution in [1.29, 1.82) is 0 Å². The monoisotopic (exact) mass is 395 g/mol. The van der Waals surface area contributed by atoms with Crippen molar-refractivity contribution in [2.24, 2.45) is 5.73 Å². The fourth-order valence-electron chi connectivity index (χ4n) is 2.55. The molecule has 0 aliphatic rings. The molecule has 146 valence electrons. The van der Waals surface area contributed by atoms with Crippen LogP contribution in [-0.4, -0.2) is 23.9 Å². The largest absolute Gasteiger partial charge is 1.00 e. The summed E-state index contributed by atoms with van der Waals surface area (Å²) in [5.74, 6) is -2.70. The zero-order valence-corrected chi connectivity index (χ0v) is 19.7. The average Bonchev–Trinajstić information content (AvgIpc) is 2.57. The zero-order chi connectivity index (χ0) is 18.9. The van der Waals surface area contributed by atoms with E-state index in [2.05, 4.69) is 11.7 Å². The van der Waals surface area contributed by atoms with Crippen molar-refractivity contribution in [2.75, 3.05) is 0 Å². The third kappa shape index (κ3) is 19.0. The number of carbonyl (C=O) groups is 3. The fraction of sp³-hybridized carbons (Fsp3) is 0.842. The second-order valence-electron chi connectivity index (χ2n) is 6.60. The van der Waals surface area contributed by atoms with Gasteiger partial charge in [0.15, 0.2) is 0 Å². The van der Waals surface area contributed by atoms with E-state index in [0.717, 1.165) is 12.8 Å². The molecule has 26 heavy (non-hydrogen) atoms. The minimum atomic E-state index is -1.42. The topological polar surface area (TPSA) is 110 Å². The Labute approximate surface area is 200 Å². The van der Waals surface area contributed by atoms with Crippen molar-refractivity contribution in [3.63, 3.8) is 0 Å². The molecule has 0 aliphatic heterocycles. The molecule has 0 amide bonds. The second kappa shape index (κ2) is 20.0. The van der Waals surface area contributed by atoms with Crippen LogP contribution in [0, 0.1) is 0 Å². The predicted molar refractivity (Wildman–Crippen MR) is 94.4 cm³/mol. The van der Waals surface area contributed by atoms with Crippen LogP contribution in [0.1, 0.15) is 96.8 Å². The quantitative estimate of drug-likeness (QED) is 0.165. The molecule has 0 aliphatic carbocycles. The Kier molecular flexibility index (Phi) is 21.8. The summed E-state index contributed by atoms with van der Waals surface area (Å²) in [6.45, 7) is 2.22. The van der Waals surface area contributed by atoms with Crippen LogP contribution in [0.5, 0.6) is 0 Å². The van der Waals surface area contributed by atoms with E-state index in [1.54, 1.807) is 0 Å². The normalized spacial score (nSPS) is 11.5. The Hall–Kier alpha value is 0.206. The molecule has 7 heteroatoms. The molecule has 6 nitrogen and oxygen atoms in total. The minimum absolute atomic E-state index is 0. The van der Waals surface area contributed by atoms with Gasteiger partial charge in [0.1, 0.15) is 0 Å². The SMILES string of the molecule is CCCCCCCCCCCCCC(=O)OC(=O)CC[C@H](N)C(=O)[O-].[K+]. The standard InChI is InChI=1S/C19H35NO5.K/c1-2-3-4-5-6-7-8-9-10-11-12-13-17(21)25-18(22)15-14-16(20)19(23)24;/h16H,2-15,20H2,1H3,(H,23,24);/q;+1/p-1/t16-;/m0./s1. The number of unbranched alkanes of at least 4 members (excludes halogenated alkanes) is 10. The van der Waals surface area contributed by atoms with Gasteiger partial charge in [-0.3, -0.25) is 9.59 Å². The third-order valence-electron chi connectivity index (χ3n) is 4.17. The van der Waals surface area contributed by atoms with Gasteiger partial charge in [0, 0.05) is 18.9 Å². The smallest absolute Gasteiger partial charge is 0.548 e. The van der Waals surface area contributed by atoms with E-state index in [-0.39, 0.29) is 70.6 Å². The maximum Gasteiger partial charge on any atom is 1.00 e. The summed E-state index contributed by atoms with van der Waals surface area (Å²) < 4.78 is 4.63. The van der Waals surface area contributed by atoms with Crippen LogP contribution in [0.4, 0.5) is 0 Å². The summed E-state index contributed by atoms with van der Waals surface area (Å²) in [6, 6.07) is -1.21. The van der Waals surface area contributed by atoms with Gasteiger partial charge in [-0.05, 0) is 12.8 Å². The first-order valence-electron chi connectivity index (χ1n) is 9.67. The molecule has 0 saturated heterocycles. The molecule has 0 aromatic rings. The van der Waals surface area contributed by atoms with Crippen LogP contribution < -0.4 is 62.2 Å². The van der Waals surface area contributed by atoms with Gasteiger partial charge in [-0.25, -0.2) is 0 Å². The van der Waals surface area contributed by atoms with Gasteiger partial charge in [0.2, 0.25) is 0 Å². The van der Waals surface area contributed by atoms with E-state index in [0.29, 0.717) is 6.42 Å². The zero-order valence-electron chi connectivity index (χ0n) is 16.6. The van der Waals surface area contributed by atoms with Crippen molar-refractivity contribution >= 4 is 17.9 Å². The number of aliphatic carboxylic acids is 1. The first-order chi connectivity index (χ1) is 12.0. The van der Waals surface area contributed by atoms with E-state index in [4.69, 9.17) is 5.73 Å². The van der Waals surface area contributed by atoms with Crippen molar-refractivity contribution < 1.29 is 75.6 Å². The number of carbonyl (C=O) groups excluding carboxylic acids is 3. The molecule has 1 atom stereocenters. The molecular formula is C19H34KNO5. The van der Waals surface area contributed by atoms with Gasteiger partial charge in [0.05, 0.1) is 5.97 Å². The molecular weight excluding hydrogens is 361 g/mol. The molecule has 0 aromatic carbocycles. The molecule has 0 radical (unpaired) electrons. The number of hydrogen-bond acceptors (Lipinski definition) is 6. The summed E-state index contributed by atoms with van der Waals surface area (Å²) >= 11 is 0. The van der Waals surface area contributed by atoms with Gasteiger partial charge in [-0.15, -0.1) is 0 Å². The van der Waals surface area contributed by atoms with Gasteiger partial charge in [-0.1, -0.05) is 71.1 Å². The molecule has 0 rings (SSSR count). The number of nitrogens with two attached hydrogens (primary N) is 1. The van der Waals surface area contributed by atoms with E-state index in [1.165, 1.54) is 51.4 Å². The maximum absolute atomic E-state index is 11.5. The Morgan fingerprint density at radius 2 is 1.23 bits per heavy atom. The number of carboxylic acid groups (broad SMARTS) is 1. The van der Waals surface area contributed by atoms with Crippen molar-refractivity contribution in [3.05, 3.63) is 0 Å². The summed E-state index contributed by atoms with van der Waals surface area (Å²) in [4.78, 5) is 33.3. The van der Waals surface area contributed by atoms with Crippen molar-refractivity contribution in [3.8, 4) is 0 Å². The molecule has 2 N–H and O–H groups in total. The number of rotatable bonds is 16. The number of hydrogen-bond donors (Lipinski definition) is 1. The molecule has 0 unspecified atom stereocenters. The second-order valence-corrected chi connectivity index (χ2v) is 6.60. The van der Waals surface area contributed by atoms with Crippen LogP contribution >= 0.6 is 0 Å². The first kappa shape index (κ1) is 28.4. The minimum Gasteiger partial charge on any atom is -0.548 e. The van der Waals surface area contributed by atoms with Gasteiger partial charge >= 0.3 is 63.3 Å². The summed E-state index contributed by atoms with van der Waals surface area (Å²) in [7, 11) is 0. The van der Waals surface area contributed by atoms with Crippen LogP contribution in [0.2, 0.25) is 0 Å². The van der Waals surface area contributed by atoms with Gasteiger partial charge in [0.25, 0.3) is 0 Å². The summed E-state index contributed by atoms with van der Waals surface area (Å²) in [5, 5.41) is 10.4. The Balaban J connectivity index is 0. The number of carboxylic acids is 1. The molecule has 0 fully saturated rings. The Morgan fingerprint density at radius 1 is 0.808 bits per heavy atom. The van der Waals surface area contributed by atoms with Crippen LogP contribution in [0.3, 0.4) is 0 Å². The summed E-state index contributed by atoms with van der Waals surface area (Å²) in [6.07, 6.45) is 13.0. The Morgan fingerprint density at radius 3 is 1.69 bits per heavy atom. The van der Waals surface area contributed by atoms with Gasteiger partial charge in [-0.2, -0.15) is 0 Å². The third-order valence-corrected chi connectivity index (χ3v) is 4.17. The molecule has 0 spiro atoms. The van der Waals surface area contributed by atoms with Crippen LogP contribution in [0.25, 0.3) is 0 Å². The van der Waals surface area contributed by atoms with Crippen molar-refractivity contribution in [1.82, 2.24) is 0 Å². The van der Waals surface area contributed by atoms with E-state index < -0.39 is 23.9 Å². The van der Waals surface area contributed by atoms with Crippen LogP contribution in [-0.2, 0) is 19.1 Å². The van der Waals surface area contributed by atoms with E-state index in [9.17, 15) is 19.5 Å². The predicted octanol–water partition coefficient (Wildman–Crippen LogP) is -0.381. The molecule has 0 bridgehead atoms. The van der Waals surface area contributed by atoms with Gasteiger partial charge < -0.3 is 20.4 Å². The molecule has 0 heterocycles. The van der Waals surface area contributed by atoms with Crippen molar-refractivity contribution in [2.45, 2.75) is 103 Å². The average molecular weight is 396 g/mol. The van der Waals surface area contributed by atoms with Crippen LogP contribution in [0.15, 0.2) is 0 Å². The number of esters is 2. The first-order valence-corrected chi connectivity index (χ1v) is 9.67. The summed E-state index contributed by atoms with van der Waals surface area (Å²) in [5.41, 5.74) is 5.22. The van der Waals surface area contributed by atoms with E-state index in [1.807, 2.05) is 0 Å².